The monoisotopic (exact) mass is 542 g/mol. The molecule has 0 saturated heterocycles. The van der Waals surface area contributed by atoms with Crippen molar-refractivity contribution >= 4 is 57.3 Å². The first kappa shape index (κ1) is 24.9. The summed E-state index contributed by atoms with van der Waals surface area (Å²) in [6, 6.07) is 2.52. The van der Waals surface area contributed by atoms with E-state index in [4.69, 9.17) is 4.55 Å². The van der Waals surface area contributed by atoms with Crippen LogP contribution >= 0.6 is 0 Å². The van der Waals surface area contributed by atoms with E-state index in [1.807, 2.05) is 0 Å². The summed E-state index contributed by atoms with van der Waals surface area (Å²) in [6.45, 7) is 0. The molecule has 1 aromatic heterocycles. The molecule has 0 unspecified atom stereocenters. The Morgan fingerprint density at radius 2 is 1.21 bits per heavy atom. The largest absolute Gasteiger partial charge is 0.335 e. The fraction of sp³-hybridized carbons (Fsp3) is 0. The van der Waals surface area contributed by atoms with E-state index >= 15 is 0 Å². The number of ketones is 1. The Hall–Kier alpha value is -2.78. The molecule has 178 valence electrons. The summed E-state index contributed by atoms with van der Waals surface area (Å²) in [4.78, 5) is 14.3. The van der Waals surface area contributed by atoms with E-state index in [9.17, 15) is 52.1 Å². The summed E-state index contributed by atoms with van der Waals surface area (Å²) in [5, 5.41) is 0. The average molecular weight is 543 g/mol. The van der Waals surface area contributed by atoms with Gasteiger partial charge in [0, 0.05) is 5.56 Å². The maximum absolute atomic E-state index is 12.8. The van der Waals surface area contributed by atoms with Gasteiger partial charge in [0.25, 0.3) is 40.5 Å². The topological polar surface area (TPSA) is 263 Å². The minimum Gasteiger partial charge on any atom is -0.335 e. The SMILES string of the molecule is O=C(c1nc2c(S(=O)(=O)O)cc(S(=O)(=O)O)cc2[nH]1)c1ccc(S(=O)(=O)O)cc1S(=O)(=O)O. The number of H-pyrrole nitrogens is 1. The molecule has 33 heavy (non-hydrogen) atoms. The normalized spacial score (nSPS) is 13.3. The van der Waals surface area contributed by atoms with Gasteiger partial charge in [-0.3, -0.25) is 23.0 Å². The third-order valence-corrected chi connectivity index (χ3v) is 7.53. The molecule has 0 fully saturated rings. The molecular weight excluding hydrogens is 532 g/mol. The van der Waals surface area contributed by atoms with Crippen LogP contribution in [0.1, 0.15) is 16.2 Å². The molecule has 2 aromatic carbocycles. The van der Waals surface area contributed by atoms with Crippen LogP contribution < -0.4 is 0 Å². The molecule has 3 aromatic rings. The average Bonchev–Trinajstić information content (AvgIpc) is 3.07. The molecule has 0 aliphatic heterocycles. The number of hydrogen-bond donors (Lipinski definition) is 5. The fourth-order valence-corrected chi connectivity index (χ4v) is 5.29. The Bertz CT molecular complexity index is 1770. The molecule has 0 aliphatic rings. The van der Waals surface area contributed by atoms with Gasteiger partial charge in [0.1, 0.15) is 15.3 Å². The second kappa shape index (κ2) is 7.63. The van der Waals surface area contributed by atoms with E-state index in [0.29, 0.717) is 24.3 Å². The van der Waals surface area contributed by atoms with Crippen molar-refractivity contribution < 1.29 is 56.7 Å². The summed E-state index contributed by atoms with van der Waals surface area (Å²) < 4.78 is 129. The van der Waals surface area contributed by atoms with E-state index < -0.39 is 88.3 Å². The smallest absolute Gasteiger partial charge is 0.296 e. The van der Waals surface area contributed by atoms with Crippen LogP contribution in [-0.4, -0.2) is 67.6 Å². The zero-order chi connectivity index (χ0) is 25.1. The van der Waals surface area contributed by atoms with Gasteiger partial charge in [-0.25, -0.2) is 4.98 Å². The van der Waals surface area contributed by atoms with Crippen LogP contribution in [0.25, 0.3) is 11.0 Å². The summed E-state index contributed by atoms with van der Waals surface area (Å²) in [5.74, 6) is -2.18. The lowest BCUT2D eigenvalue weighted by Crippen LogP contribution is -2.12. The first-order chi connectivity index (χ1) is 14.8. The molecule has 1 heterocycles. The zero-order valence-electron chi connectivity index (χ0n) is 15.4. The molecular formula is C14H10N2O13S4. The van der Waals surface area contributed by atoms with E-state index in [-0.39, 0.29) is 6.07 Å². The number of carbonyl (C=O) groups excluding carboxylic acids is 1. The Balaban J connectivity index is 2.32. The molecule has 0 atom stereocenters. The number of carbonyl (C=O) groups is 1. The van der Waals surface area contributed by atoms with Crippen LogP contribution in [0.15, 0.2) is 49.9 Å². The summed E-state index contributed by atoms with van der Waals surface area (Å²) in [6.07, 6.45) is 0. The van der Waals surface area contributed by atoms with Gasteiger partial charge in [0.05, 0.1) is 15.3 Å². The summed E-state index contributed by atoms with van der Waals surface area (Å²) in [5.41, 5.74) is -2.03. The molecule has 19 heteroatoms. The number of aromatic nitrogens is 2. The second-order valence-electron chi connectivity index (χ2n) is 6.29. The number of fused-ring (bicyclic) bond motifs is 1. The van der Waals surface area contributed by atoms with Gasteiger partial charge in [-0.1, -0.05) is 0 Å². The van der Waals surface area contributed by atoms with E-state index in [1.54, 1.807) is 0 Å². The first-order valence-corrected chi connectivity index (χ1v) is 13.7. The standard InChI is InChI=1S/C14H10N2O13S4/c17-13(8-2-1-6(30(18,19)20)4-10(8)32(24,25)26)14-15-9-3-7(31(21,22)23)5-11(12(9)16-14)33(27,28)29/h1-5H,(H,15,16)(H,18,19,20)(H,21,22,23)(H,24,25,26)(H,27,28,29). The van der Waals surface area contributed by atoms with Crippen molar-refractivity contribution in [1.82, 2.24) is 9.97 Å². The minimum absolute atomic E-state index is 0.278. The Morgan fingerprint density at radius 1 is 0.697 bits per heavy atom. The van der Waals surface area contributed by atoms with Gasteiger partial charge in [-0.05, 0) is 30.3 Å². The predicted molar refractivity (Wildman–Crippen MR) is 105 cm³/mol. The van der Waals surface area contributed by atoms with Gasteiger partial charge in [0.15, 0.2) is 5.82 Å². The van der Waals surface area contributed by atoms with Crippen LogP contribution in [-0.2, 0) is 40.5 Å². The number of hydrogen-bond acceptors (Lipinski definition) is 10. The lowest BCUT2D eigenvalue weighted by Gasteiger charge is -2.06. The number of benzene rings is 2. The lowest BCUT2D eigenvalue weighted by molar-refractivity contribution is 0.102. The van der Waals surface area contributed by atoms with Crippen LogP contribution in [0, 0.1) is 0 Å². The maximum Gasteiger partial charge on any atom is 0.296 e. The number of nitrogens with zero attached hydrogens (tertiary/aromatic N) is 1. The highest BCUT2D eigenvalue weighted by atomic mass is 32.2. The van der Waals surface area contributed by atoms with Crippen LogP contribution in [0.4, 0.5) is 0 Å². The van der Waals surface area contributed by atoms with E-state index in [0.717, 1.165) is 0 Å². The quantitative estimate of drug-likeness (QED) is 0.199. The van der Waals surface area contributed by atoms with Crippen molar-refractivity contribution in [3.8, 4) is 0 Å². The molecule has 3 rings (SSSR count). The van der Waals surface area contributed by atoms with Gasteiger partial charge in [0.2, 0.25) is 5.78 Å². The molecule has 0 bridgehead atoms. The summed E-state index contributed by atoms with van der Waals surface area (Å²) in [7, 11) is -20.3. The maximum atomic E-state index is 12.8. The third-order valence-electron chi connectivity index (χ3n) is 4.09. The van der Waals surface area contributed by atoms with Gasteiger partial charge in [-0.15, -0.1) is 0 Å². The van der Waals surface area contributed by atoms with Gasteiger partial charge >= 0.3 is 0 Å². The highest BCUT2D eigenvalue weighted by Gasteiger charge is 2.28. The molecule has 0 saturated carbocycles. The van der Waals surface area contributed by atoms with Crippen molar-refractivity contribution in [1.29, 1.82) is 0 Å². The molecule has 0 radical (unpaired) electrons. The molecule has 0 spiro atoms. The first-order valence-electron chi connectivity index (χ1n) is 7.92. The van der Waals surface area contributed by atoms with Crippen molar-refractivity contribution in [2.45, 2.75) is 19.6 Å². The Labute approximate surface area is 185 Å². The molecule has 15 nitrogen and oxygen atoms in total. The molecule has 0 aliphatic carbocycles. The number of aromatic amines is 1. The lowest BCUT2D eigenvalue weighted by atomic mass is 10.1. The molecule has 0 amide bonds. The number of rotatable bonds is 6. The fourth-order valence-electron chi connectivity index (χ4n) is 2.71. The van der Waals surface area contributed by atoms with Crippen LogP contribution in [0.3, 0.4) is 0 Å². The van der Waals surface area contributed by atoms with Crippen LogP contribution in [0.2, 0.25) is 0 Å². The van der Waals surface area contributed by atoms with Crippen molar-refractivity contribution in [2.24, 2.45) is 0 Å². The third kappa shape index (κ3) is 4.94. The van der Waals surface area contributed by atoms with Gasteiger partial charge < -0.3 is 4.98 Å². The number of imidazole rings is 1. The highest BCUT2D eigenvalue weighted by Crippen LogP contribution is 2.28. The zero-order valence-corrected chi connectivity index (χ0v) is 18.7. The van der Waals surface area contributed by atoms with E-state index in [2.05, 4.69) is 9.97 Å². The minimum atomic E-state index is -5.24. The Kier molecular flexibility index (Phi) is 5.75. The van der Waals surface area contributed by atoms with Crippen LogP contribution in [0.5, 0.6) is 0 Å². The predicted octanol–water partition coefficient (Wildman–Crippen LogP) is -0.219. The number of nitrogens with one attached hydrogen (secondary N) is 1. The Morgan fingerprint density at radius 3 is 1.70 bits per heavy atom. The van der Waals surface area contributed by atoms with E-state index in [1.165, 1.54) is 0 Å². The van der Waals surface area contributed by atoms with Gasteiger partial charge in [-0.2, -0.15) is 33.7 Å². The van der Waals surface area contributed by atoms with Crippen molar-refractivity contribution in [3.63, 3.8) is 0 Å². The second-order valence-corrected chi connectivity index (χ2v) is 11.9. The molecule has 5 N–H and O–H groups in total. The highest BCUT2D eigenvalue weighted by molar-refractivity contribution is 7.87. The van der Waals surface area contributed by atoms with Crippen molar-refractivity contribution in [2.75, 3.05) is 0 Å². The van der Waals surface area contributed by atoms with Crippen molar-refractivity contribution in [3.05, 3.63) is 41.7 Å². The summed E-state index contributed by atoms with van der Waals surface area (Å²) >= 11 is 0.